The number of fused-ring (bicyclic) bond motifs is 2. The number of ether oxygens (including phenoxy) is 1. The van der Waals surface area contributed by atoms with E-state index in [0.29, 0.717) is 42.2 Å². The van der Waals surface area contributed by atoms with Crippen molar-refractivity contribution in [1.29, 1.82) is 0 Å². The lowest BCUT2D eigenvalue weighted by Gasteiger charge is -2.23. The highest BCUT2D eigenvalue weighted by Gasteiger charge is 2.26. The molecule has 31 heavy (non-hydrogen) atoms. The molecule has 2 aliphatic rings. The van der Waals surface area contributed by atoms with E-state index >= 15 is 0 Å². The summed E-state index contributed by atoms with van der Waals surface area (Å²) in [5.41, 5.74) is 8.13. The van der Waals surface area contributed by atoms with Crippen molar-refractivity contribution in [2.75, 3.05) is 18.9 Å². The van der Waals surface area contributed by atoms with Crippen molar-refractivity contribution in [3.8, 4) is 5.75 Å². The lowest BCUT2D eigenvalue weighted by molar-refractivity contribution is 0.145. The van der Waals surface area contributed by atoms with E-state index in [2.05, 4.69) is 25.9 Å². The summed E-state index contributed by atoms with van der Waals surface area (Å²) in [5.74, 6) is -0.0336. The Hall–Kier alpha value is -3.07. The van der Waals surface area contributed by atoms with Gasteiger partial charge in [-0.2, -0.15) is 0 Å². The van der Waals surface area contributed by atoms with Crippen LogP contribution in [0, 0.1) is 5.82 Å². The van der Waals surface area contributed by atoms with Crippen molar-refractivity contribution in [2.45, 2.75) is 38.3 Å². The van der Waals surface area contributed by atoms with Gasteiger partial charge in [0.1, 0.15) is 36.0 Å². The highest BCUT2D eigenvalue weighted by atomic mass is 19.3. The second-order valence-electron chi connectivity index (χ2n) is 7.90. The number of allylic oxidation sites excluding steroid dienone is 1. The van der Waals surface area contributed by atoms with Crippen LogP contribution in [-0.4, -0.2) is 27.7 Å². The molecule has 5 rings (SSSR count). The van der Waals surface area contributed by atoms with Crippen LogP contribution < -0.4 is 15.8 Å². The van der Waals surface area contributed by atoms with E-state index in [4.69, 9.17) is 10.5 Å². The summed E-state index contributed by atoms with van der Waals surface area (Å²) in [6.07, 6.45) is 4.68. The predicted molar refractivity (Wildman–Crippen MR) is 111 cm³/mol. The fourth-order valence-electron chi connectivity index (χ4n) is 4.46. The van der Waals surface area contributed by atoms with Gasteiger partial charge < -0.3 is 20.4 Å². The molecule has 2 aromatic heterocycles. The Morgan fingerprint density at radius 2 is 2.13 bits per heavy atom. The Balaban J connectivity index is 1.38. The summed E-state index contributed by atoms with van der Waals surface area (Å²) >= 11 is 0. The lowest BCUT2D eigenvalue weighted by atomic mass is 9.96. The van der Waals surface area contributed by atoms with Gasteiger partial charge in [0.05, 0.1) is 17.0 Å². The summed E-state index contributed by atoms with van der Waals surface area (Å²) in [5, 5.41) is 3.97. The Bertz CT molecular complexity index is 1170. The van der Waals surface area contributed by atoms with E-state index < -0.39 is 17.8 Å². The highest BCUT2D eigenvalue weighted by molar-refractivity contribution is 5.86. The van der Waals surface area contributed by atoms with Gasteiger partial charge >= 0.3 is 0 Å². The van der Waals surface area contributed by atoms with Gasteiger partial charge in [0.15, 0.2) is 0 Å². The molecule has 0 bridgehead atoms. The van der Waals surface area contributed by atoms with E-state index in [1.165, 1.54) is 6.33 Å². The smallest absolute Gasteiger partial charge is 0.266 e. The SMILES string of the molecule is Nc1ncnc2c1ccn2C1C=C(COc2cc(C(F)F)c(F)c3c2CNCC3)CC1. The number of alkyl halides is 2. The van der Waals surface area contributed by atoms with Crippen LogP contribution in [0.25, 0.3) is 11.0 Å². The van der Waals surface area contributed by atoms with E-state index in [1.807, 2.05) is 12.3 Å². The molecular formula is C22H22F3N5O. The Labute approximate surface area is 176 Å². The first-order valence-corrected chi connectivity index (χ1v) is 10.3. The molecule has 1 unspecified atom stereocenters. The minimum atomic E-state index is -2.88. The second kappa shape index (κ2) is 7.88. The molecule has 3 heterocycles. The molecule has 9 heteroatoms. The monoisotopic (exact) mass is 429 g/mol. The maximum absolute atomic E-state index is 14.5. The van der Waals surface area contributed by atoms with Crippen LogP contribution in [0.4, 0.5) is 19.0 Å². The van der Waals surface area contributed by atoms with Crippen molar-refractivity contribution < 1.29 is 17.9 Å². The van der Waals surface area contributed by atoms with E-state index in [0.717, 1.165) is 35.5 Å². The first-order chi connectivity index (χ1) is 15.0. The molecule has 0 fully saturated rings. The summed E-state index contributed by atoms with van der Waals surface area (Å²) < 4.78 is 49.2. The van der Waals surface area contributed by atoms with Crippen LogP contribution in [0.3, 0.4) is 0 Å². The summed E-state index contributed by atoms with van der Waals surface area (Å²) in [6.45, 7) is 1.23. The van der Waals surface area contributed by atoms with E-state index in [-0.39, 0.29) is 12.6 Å². The number of hydrogen-bond donors (Lipinski definition) is 2. The molecule has 0 spiro atoms. The molecule has 3 N–H and O–H groups in total. The first-order valence-electron chi connectivity index (χ1n) is 10.3. The van der Waals surface area contributed by atoms with Gasteiger partial charge in [0.25, 0.3) is 6.43 Å². The van der Waals surface area contributed by atoms with E-state index in [1.54, 1.807) is 0 Å². The fourth-order valence-corrected chi connectivity index (χ4v) is 4.46. The largest absolute Gasteiger partial charge is 0.489 e. The zero-order chi connectivity index (χ0) is 21.5. The molecular weight excluding hydrogens is 407 g/mol. The molecule has 0 radical (unpaired) electrons. The molecule has 3 aromatic rings. The summed E-state index contributed by atoms with van der Waals surface area (Å²) in [6, 6.07) is 3.15. The number of nitrogen functional groups attached to an aromatic ring is 1. The minimum Gasteiger partial charge on any atom is -0.489 e. The zero-order valence-corrected chi connectivity index (χ0v) is 16.7. The van der Waals surface area contributed by atoms with Crippen LogP contribution in [0.2, 0.25) is 0 Å². The van der Waals surface area contributed by atoms with Crippen molar-refractivity contribution >= 4 is 16.9 Å². The van der Waals surface area contributed by atoms with Crippen molar-refractivity contribution in [1.82, 2.24) is 19.9 Å². The van der Waals surface area contributed by atoms with E-state index in [9.17, 15) is 13.2 Å². The Morgan fingerprint density at radius 1 is 1.26 bits per heavy atom. The average molecular weight is 429 g/mol. The van der Waals surface area contributed by atoms with Crippen LogP contribution >= 0.6 is 0 Å². The molecule has 162 valence electrons. The number of halogens is 3. The number of hydrogen-bond acceptors (Lipinski definition) is 5. The molecule has 1 aromatic carbocycles. The van der Waals surface area contributed by atoms with Gasteiger partial charge in [0, 0.05) is 18.3 Å². The van der Waals surface area contributed by atoms with Crippen molar-refractivity contribution in [3.05, 3.63) is 58.8 Å². The highest BCUT2D eigenvalue weighted by Crippen LogP contribution is 2.36. The van der Waals surface area contributed by atoms with Gasteiger partial charge in [-0.25, -0.2) is 23.1 Å². The van der Waals surface area contributed by atoms with Crippen LogP contribution in [0.15, 0.2) is 36.3 Å². The topological polar surface area (TPSA) is 78.0 Å². The van der Waals surface area contributed by atoms with Crippen LogP contribution in [-0.2, 0) is 13.0 Å². The third-order valence-electron chi connectivity index (χ3n) is 6.06. The van der Waals surface area contributed by atoms with Gasteiger partial charge in [0.2, 0.25) is 0 Å². The van der Waals surface area contributed by atoms with Crippen molar-refractivity contribution in [3.63, 3.8) is 0 Å². The molecule has 0 saturated heterocycles. The molecule has 1 aliphatic carbocycles. The number of anilines is 1. The van der Waals surface area contributed by atoms with Crippen LogP contribution in [0.1, 0.15) is 42.0 Å². The number of nitrogens with one attached hydrogen (secondary N) is 1. The summed E-state index contributed by atoms with van der Waals surface area (Å²) in [7, 11) is 0. The Kier molecular flexibility index (Phi) is 5.05. The average Bonchev–Trinajstić information content (AvgIpc) is 3.41. The molecule has 1 aliphatic heterocycles. The number of benzene rings is 1. The fraction of sp³-hybridized carbons (Fsp3) is 0.364. The normalized spacial score (nSPS) is 18.5. The third kappa shape index (κ3) is 3.52. The van der Waals surface area contributed by atoms with Crippen molar-refractivity contribution in [2.24, 2.45) is 0 Å². The maximum Gasteiger partial charge on any atom is 0.266 e. The number of nitrogens with two attached hydrogens (primary N) is 1. The molecule has 6 nitrogen and oxygen atoms in total. The van der Waals surface area contributed by atoms with Gasteiger partial charge in [-0.3, -0.25) is 0 Å². The number of rotatable bonds is 5. The molecule has 0 saturated carbocycles. The molecule has 1 atom stereocenters. The van der Waals surface area contributed by atoms with Gasteiger partial charge in [-0.1, -0.05) is 6.08 Å². The summed E-state index contributed by atoms with van der Waals surface area (Å²) in [4.78, 5) is 8.36. The minimum absolute atomic E-state index is 0.103. The third-order valence-corrected chi connectivity index (χ3v) is 6.06. The zero-order valence-electron chi connectivity index (χ0n) is 16.7. The second-order valence-corrected chi connectivity index (χ2v) is 7.90. The maximum atomic E-state index is 14.5. The molecule has 0 amide bonds. The number of nitrogens with zero attached hydrogens (tertiary/aromatic N) is 3. The lowest BCUT2D eigenvalue weighted by Crippen LogP contribution is -2.26. The first kappa shape index (κ1) is 19.9. The van der Waals surface area contributed by atoms with Gasteiger partial charge in [-0.15, -0.1) is 0 Å². The van der Waals surface area contributed by atoms with Crippen LogP contribution in [0.5, 0.6) is 5.75 Å². The number of aromatic nitrogens is 3. The standard InChI is InChI=1S/C22H22F3N5O/c23-19-14-3-5-27-9-17(14)18(8-16(19)20(24)25)31-10-12-1-2-13(7-12)30-6-4-15-21(26)28-11-29-22(15)30/h4,6-8,11,13,20,27H,1-3,5,9-10H2,(H2,26,28,29). The predicted octanol–water partition coefficient (Wildman–Crippen LogP) is 4.08. The van der Waals surface area contributed by atoms with Gasteiger partial charge in [-0.05, 0) is 49.1 Å². The Morgan fingerprint density at radius 3 is 2.97 bits per heavy atom. The quantitative estimate of drug-likeness (QED) is 0.598.